The molecule has 36 heavy (non-hydrogen) atoms. The van der Waals surface area contributed by atoms with Crippen LogP contribution in [0.5, 0.6) is 5.75 Å². The Morgan fingerprint density at radius 3 is 2.58 bits per heavy atom. The van der Waals surface area contributed by atoms with Gasteiger partial charge in [-0.3, -0.25) is 9.59 Å². The van der Waals surface area contributed by atoms with Gasteiger partial charge in [-0.05, 0) is 67.2 Å². The summed E-state index contributed by atoms with van der Waals surface area (Å²) < 4.78 is 7.07. The summed E-state index contributed by atoms with van der Waals surface area (Å²) in [5.74, 6) is 0.411. The van der Waals surface area contributed by atoms with E-state index in [9.17, 15) is 9.59 Å². The molecule has 0 unspecified atom stereocenters. The summed E-state index contributed by atoms with van der Waals surface area (Å²) in [5, 5.41) is 7.24. The molecule has 5 rings (SSSR count). The van der Waals surface area contributed by atoms with Gasteiger partial charge in [0.2, 0.25) is 5.91 Å². The number of anilines is 1. The van der Waals surface area contributed by atoms with Crippen LogP contribution in [0.1, 0.15) is 11.1 Å². The zero-order valence-corrected chi connectivity index (χ0v) is 20.6. The molecule has 1 fully saturated rings. The molecular formula is C28H24N4O3S. The third-order valence-corrected chi connectivity index (χ3v) is 6.62. The summed E-state index contributed by atoms with van der Waals surface area (Å²) in [6.45, 7) is 2.16. The molecule has 0 atom stereocenters. The topological polar surface area (TPSA) is 84.7 Å². The largest absolute Gasteiger partial charge is 0.497 e. The Labute approximate surface area is 212 Å². The number of carbonyl (C=O) groups is 2. The van der Waals surface area contributed by atoms with E-state index in [1.807, 2.05) is 96.6 Å². The number of hydrogen-bond donors (Lipinski definition) is 2. The highest BCUT2D eigenvalue weighted by Crippen LogP contribution is 2.31. The molecule has 0 saturated carbocycles. The molecule has 2 N–H and O–H groups in total. The van der Waals surface area contributed by atoms with Crippen LogP contribution in [0, 0.1) is 6.92 Å². The molecule has 4 aromatic rings. The lowest BCUT2D eigenvalue weighted by molar-refractivity contribution is -0.117. The number of nitrogens with one attached hydrogen (secondary N) is 2. The highest BCUT2D eigenvalue weighted by atomic mass is 32.2. The molecule has 3 aromatic carbocycles. The quantitative estimate of drug-likeness (QED) is 0.346. The summed E-state index contributed by atoms with van der Waals surface area (Å²) in [6, 6.07) is 22.8. The molecule has 1 aliphatic heterocycles. The first-order valence-corrected chi connectivity index (χ1v) is 12.2. The molecule has 0 spiro atoms. The van der Waals surface area contributed by atoms with Crippen molar-refractivity contribution in [1.82, 2.24) is 9.88 Å². The molecule has 0 radical (unpaired) electrons. The van der Waals surface area contributed by atoms with Gasteiger partial charge in [-0.25, -0.2) is 4.99 Å². The average molecular weight is 497 g/mol. The number of thioether (sulfide) groups is 1. The third-order valence-electron chi connectivity index (χ3n) is 5.71. The standard InChI is InChI=1S/C28H24N4O3S/c1-18-7-9-20(10-8-18)29-26(33)17-32-16-19(23-5-3-4-6-24(23)32)15-25-27(34)31-28(36-25)30-21-11-13-22(35-2)14-12-21/h3-16H,17H2,1-2H3,(H,29,33)(H,30,31,34)/b25-15+. The van der Waals surface area contributed by atoms with Crippen molar-refractivity contribution in [2.45, 2.75) is 13.5 Å². The van der Waals surface area contributed by atoms with E-state index in [4.69, 9.17) is 4.74 Å². The minimum absolute atomic E-state index is 0.124. The molecule has 8 heteroatoms. The van der Waals surface area contributed by atoms with Gasteiger partial charge in [-0.1, -0.05) is 35.9 Å². The number of aromatic nitrogens is 1. The highest BCUT2D eigenvalue weighted by molar-refractivity contribution is 8.18. The minimum atomic E-state index is -0.207. The van der Waals surface area contributed by atoms with Gasteiger partial charge in [0.25, 0.3) is 5.91 Å². The van der Waals surface area contributed by atoms with Gasteiger partial charge in [0.15, 0.2) is 5.17 Å². The summed E-state index contributed by atoms with van der Waals surface area (Å²) >= 11 is 1.28. The van der Waals surface area contributed by atoms with Crippen molar-refractivity contribution in [1.29, 1.82) is 0 Å². The highest BCUT2D eigenvalue weighted by Gasteiger charge is 2.24. The van der Waals surface area contributed by atoms with Crippen LogP contribution in [0.4, 0.5) is 11.4 Å². The molecule has 7 nitrogen and oxygen atoms in total. The number of methoxy groups -OCH3 is 1. The van der Waals surface area contributed by atoms with E-state index in [1.165, 1.54) is 11.8 Å². The Hall–Kier alpha value is -4.30. The fraction of sp³-hybridized carbons (Fsp3) is 0.107. The van der Waals surface area contributed by atoms with E-state index in [0.29, 0.717) is 10.1 Å². The summed E-state index contributed by atoms with van der Waals surface area (Å²) in [7, 11) is 1.61. The second-order valence-corrected chi connectivity index (χ2v) is 9.35. The second-order valence-electron chi connectivity index (χ2n) is 8.32. The minimum Gasteiger partial charge on any atom is -0.497 e. The molecular weight excluding hydrogens is 472 g/mol. The van der Waals surface area contributed by atoms with Crippen LogP contribution in [0.2, 0.25) is 0 Å². The molecule has 2 heterocycles. The van der Waals surface area contributed by atoms with Crippen molar-refractivity contribution in [3.05, 3.63) is 95.0 Å². The van der Waals surface area contributed by atoms with Crippen LogP contribution in [0.3, 0.4) is 0 Å². The number of nitrogens with zero attached hydrogens (tertiary/aromatic N) is 2. The first kappa shape index (κ1) is 23.4. The lowest BCUT2D eigenvalue weighted by atomic mass is 10.1. The summed E-state index contributed by atoms with van der Waals surface area (Å²) in [4.78, 5) is 30.4. The monoisotopic (exact) mass is 496 g/mol. The molecule has 0 aliphatic carbocycles. The number of benzene rings is 3. The van der Waals surface area contributed by atoms with Crippen LogP contribution in [0.15, 0.2) is 88.9 Å². The molecule has 2 amide bonds. The van der Waals surface area contributed by atoms with Crippen molar-refractivity contribution in [2.24, 2.45) is 4.99 Å². The molecule has 1 aromatic heterocycles. The number of amides is 2. The molecule has 0 bridgehead atoms. The van der Waals surface area contributed by atoms with E-state index in [2.05, 4.69) is 15.6 Å². The predicted octanol–water partition coefficient (Wildman–Crippen LogP) is 5.49. The zero-order valence-electron chi connectivity index (χ0n) is 19.8. The summed E-state index contributed by atoms with van der Waals surface area (Å²) in [5.41, 5.74) is 4.38. The number of aliphatic imine (C=N–C) groups is 1. The van der Waals surface area contributed by atoms with E-state index in [0.717, 1.165) is 39.2 Å². The van der Waals surface area contributed by atoms with Gasteiger partial charge in [0.05, 0.1) is 17.7 Å². The zero-order chi connectivity index (χ0) is 25.1. The lowest BCUT2D eigenvalue weighted by Gasteiger charge is -2.07. The summed E-state index contributed by atoms with van der Waals surface area (Å²) in [6.07, 6.45) is 3.74. The van der Waals surface area contributed by atoms with E-state index >= 15 is 0 Å². The van der Waals surface area contributed by atoms with Crippen LogP contribution in [0.25, 0.3) is 17.0 Å². The van der Waals surface area contributed by atoms with Crippen molar-refractivity contribution in [3.8, 4) is 5.75 Å². The van der Waals surface area contributed by atoms with Crippen LogP contribution in [-0.4, -0.2) is 28.7 Å². The number of ether oxygens (including phenoxy) is 1. The van der Waals surface area contributed by atoms with Gasteiger partial charge in [0, 0.05) is 28.4 Å². The Morgan fingerprint density at radius 2 is 1.83 bits per heavy atom. The Balaban J connectivity index is 1.37. The number of aryl methyl sites for hydroxylation is 1. The number of fused-ring (bicyclic) bond motifs is 1. The average Bonchev–Trinajstić information content (AvgIpc) is 3.40. The maximum Gasteiger partial charge on any atom is 0.264 e. The third kappa shape index (κ3) is 5.18. The number of hydrogen-bond acceptors (Lipinski definition) is 5. The van der Waals surface area contributed by atoms with E-state index in [-0.39, 0.29) is 18.4 Å². The van der Waals surface area contributed by atoms with Gasteiger partial charge in [0.1, 0.15) is 12.3 Å². The smallest absolute Gasteiger partial charge is 0.264 e. The van der Waals surface area contributed by atoms with Gasteiger partial charge in [-0.15, -0.1) is 0 Å². The first-order valence-electron chi connectivity index (χ1n) is 11.4. The van der Waals surface area contributed by atoms with Gasteiger partial charge >= 0.3 is 0 Å². The lowest BCUT2D eigenvalue weighted by Crippen LogP contribution is -2.19. The van der Waals surface area contributed by atoms with E-state index < -0.39 is 0 Å². The van der Waals surface area contributed by atoms with Gasteiger partial charge in [-0.2, -0.15) is 0 Å². The Kier molecular flexibility index (Phi) is 6.60. The maximum absolute atomic E-state index is 12.7. The molecule has 180 valence electrons. The first-order chi connectivity index (χ1) is 17.5. The molecule has 1 saturated heterocycles. The van der Waals surface area contributed by atoms with Crippen LogP contribution in [-0.2, 0) is 16.1 Å². The second kappa shape index (κ2) is 10.1. The van der Waals surface area contributed by atoms with Crippen molar-refractivity contribution in [2.75, 3.05) is 12.4 Å². The number of para-hydroxylation sites is 1. The number of carbonyl (C=O) groups excluding carboxylic acids is 2. The normalized spacial score (nSPS) is 15.4. The SMILES string of the molecule is COc1ccc(N=C2NC(=O)/C(=C\c3cn(CC(=O)Nc4ccc(C)cc4)c4ccccc34)S2)cc1. The van der Waals surface area contributed by atoms with Crippen molar-refractivity contribution < 1.29 is 14.3 Å². The molecule has 1 aliphatic rings. The van der Waals surface area contributed by atoms with E-state index in [1.54, 1.807) is 7.11 Å². The fourth-order valence-electron chi connectivity index (χ4n) is 3.91. The van der Waals surface area contributed by atoms with Crippen molar-refractivity contribution >= 4 is 57.1 Å². The fourth-order valence-corrected chi connectivity index (χ4v) is 4.74. The maximum atomic E-state index is 12.7. The Bertz CT molecular complexity index is 1500. The number of amidine groups is 1. The van der Waals surface area contributed by atoms with Crippen molar-refractivity contribution in [3.63, 3.8) is 0 Å². The van der Waals surface area contributed by atoms with Crippen LogP contribution >= 0.6 is 11.8 Å². The number of rotatable bonds is 6. The van der Waals surface area contributed by atoms with Gasteiger partial charge < -0.3 is 19.9 Å². The Morgan fingerprint density at radius 1 is 1.08 bits per heavy atom. The predicted molar refractivity (Wildman–Crippen MR) is 146 cm³/mol. The van der Waals surface area contributed by atoms with Crippen LogP contribution < -0.4 is 15.4 Å².